The summed E-state index contributed by atoms with van der Waals surface area (Å²) < 4.78 is 27.0. The number of allylic oxidation sites excluding steroid dienone is 1. The second kappa shape index (κ2) is 6.40. The summed E-state index contributed by atoms with van der Waals surface area (Å²) in [5.41, 5.74) is 0.889. The van der Waals surface area contributed by atoms with Gasteiger partial charge in [0.2, 0.25) is 0 Å². The average Bonchev–Trinajstić information content (AvgIpc) is 2.36. The SMILES string of the molecule is C/C=C1/C(C)=CC(=O)N(c2cc(F)cc(F)c2)/C1=N/C(C)Cl. The molecule has 116 valence electrons. The van der Waals surface area contributed by atoms with Crippen LogP contribution in [0.25, 0.3) is 0 Å². The van der Waals surface area contributed by atoms with Gasteiger partial charge < -0.3 is 0 Å². The lowest BCUT2D eigenvalue weighted by Crippen LogP contribution is -2.41. The van der Waals surface area contributed by atoms with Gasteiger partial charge >= 0.3 is 0 Å². The molecule has 0 aliphatic carbocycles. The first-order valence-electron chi connectivity index (χ1n) is 6.71. The summed E-state index contributed by atoms with van der Waals surface area (Å²) in [5.74, 6) is -1.69. The molecule has 0 N–H and O–H groups in total. The van der Waals surface area contributed by atoms with Crippen molar-refractivity contribution in [3.63, 3.8) is 0 Å². The number of alkyl halides is 1. The number of hydrogen-bond acceptors (Lipinski definition) is 2. The van der Waals surface area contributed by atoms with Crippen LogP contribution in [0, 0.1) is 11.6 Å². The monoisotopic (exact) mass is 324 g/mol. The molecular weight excluding hydrogens is 310 g/mol. The maximum absolute atomic E-state index is 13.5. The van der Waals surface area contributed by atoms with Gasteiger partial charge in [-0.25, -0.2) is 13.8 Å². The van der Waals surface area contributed by atoms with E-state index < -0.39 is 23.0 Å². The van der Waals surface area contributed by atoms with E-state index in [4.69, 9.17) is 11.6 Å². The van der Waals surface area contributed by atoms with Gasteiger partial charge in [0, 0.05) is 17.7 Å². The topological polar surface area (TPSA) is 32.7 Å². The van der Waals surface area contributed by atoms with Crippen LogP contribution in [0.3, 0.4) is 0 Å². The number of carbonyl (C=O) groups is 1. The Morgan fingerprint density at radius 2 is 1.86 bits per heavy atom. The minimum Gasteiger partial charge on any atom is -0.269 e. The summed E-state index contributed by atoms with van der Waals surface area (Å²) in [6.45, 7) is 5.21. The molecule has 0 saturated carbocycles. The molecule has 6 heteroatoms. The first-order valence-corrected chi connectivity index (χ1v) is 7.14. The Morgan fingerprint density at radius 3 is 2.36 bits per heavy atom. The van der Waals surface area contributed by atoms with Gasteiger partial charge in [-0.15, -0.1) is 0 Å². The van der Waals surface area contributed by atoms with Crippen LogP contribution in [0.4, 0.5) is 14.5 Å². The summed E-state index contributed by atoms with van der Waals surface area (Å²) in [4.78, 5) is 17.7. The molecule has 2 rings (SSSR count). The van der Waals surface area contributed by atoms with E-state index in [0.717, 1.165) is 28.7 Å². The van der Waals surface area contributed by atoms with Crippen LogP contribution in [0.1, 0.15) is 20.8 Å². The highest BCUT2D eigenvalue weighted by molar-refractivity contribution is 6.31. The third-order valence-corrected chi connectivity index (χ3v) is 3.23. The smallest absolute Gasteiger partial charge is 0.257 e. The van der Waals surface area contributed by atoms with Crippen molar-refractivity contribution in [1.29, 1.82) is 0 Å². The molecule has 1 aromatic carbocycles. The molecule has 0 fully saturated rings. The predicted octanol–water partition coefficient (Wildman–Crippen LogP) is 4.19. The number of nitrogens with zero attached hydrogens (tertiary/aromatic N) is 2. The Morgan fingerprint density at radius 1 is 1.27 bits per heavy atom. The number of amides is 1. The highest BCUT2D eigenvalue weighted by Crippen LogP contribution is 2.28. The van der Waals surface area contributed by atoms with Crippen LogP contribution >= 0.6 is 11.6 Å². The Bertz CT molecular complexity index is 688. The molecule has 1 aliphatic rings. The fraction of sp³-hybridized carbons (Fsp3) is 0.250. The minimum atomic E-state index is -0.769. The summed E-state index contributed by atoms with van der Waals surface area (Å²) in [7, 11) is 0. The van der Waals surface area contributed by atoms with E-state index in [0.29, 0.717) is 5.57 Å². The van der Waals surface area contributed by atoms with Crippen molar-refractivity contribution in [3.05, 3.63) is 53.1 Å². The third-order valence-electron chi connectivity index (χ3n) is 3.13. The Labute approximate surface area is 132 Å². The highest BCUT2D eigenvalue weighted by atomic mass is 35.5. The zero-order valence-electron chi connectivity index (χ0n) is 12.4. The molecule has 0 aromatic heterocycles. The number of halogens is 3. The van der Waals surface area contributed by atoms with Gasteiger partial charge in [-0.1, -0.05) is 17.7 Å². The van der Waals surface area contributed by atoms with Gasteiger partial charge in [0.25, 0.3) is 5.91 Å². The number of anilines is 1. The molecule has 1 unspecified atom stereocenters. The Kier molecular flexibility index (Phi) is 4.76. The van der Waals surface area contributed by atoms with Crippen molar-refractivity contribution in [2.45, 2.75) is 26.3 Å². The van der Waals surface area contributed by atoms with Gasteiger partial charge in [-0.2, -0.15) is 0 Å². The van der Waals surface area contributed by atoms with Crippen molar-refractivity contribution in [2.24, 2.45) is 4.99 Å². The third kappa shape index (κ3) is 3.25. The molecule has 0 saturated heterocycles. The normalized spacial score (nSPS) is 20.5. The summed E-state index contributed by atoms with van der Waals surface area (Å²) in [6.07, 6.45) is 3.18. The number of carbonyl (C=O) groups excluding carboxylic acids is 1. The standard InChI is InChI=1S/C16H15ClF2N2O/c1-4-14-9(2)5-15(22)21(16(14)20-10(3)17)13-7-11(18)6-12(19)8-13/h4-8,10H,1-3H3/b14-4-,20-16+. The highest BCUT2D eigenvalue weighted by Gasteiger charge is 2.29. The van der Waals surface area contributed by atoms with Crippen LogP contribution in [-0.4, -0.2) is 17.2 Å². The van der Waals surface area contributed by atoms with Crippen molar-refractivity contribution in [1.82, 2.24) is 0 Å². The lowest BCUT2D eigenvalue weighted by molar-refractivity contribution is -0.113. The Balaban J connectivity index is 2.67. The first kappa shape index (κ1) is 16.4. The first-order chi connectivity index (χ1) is 10.3. The molecular formula is C16H15ClF2N2O. The fourth-order valence-corrected chi connectivity index (χ4v) is 2.39. The largest absolute Gasteiger partial charge is 0.269 e. The van der Waals surface area contributed by atoms with E-state index >= 15 is 0 Å². The molecule has 1 amide bonds. The maximum Gasteiger partial charge on any atom is 0.257 e. The van der Waals surface area contributed by atoms with E-state index in [1.54, 1.807) is 26.8 Å². The number of benzene rings is 1. The number of amidine groups is 1. The second-order valence-corrected chi connectivity index (χ2v) is 5.49. The van der Waals surface area contributed by atoms with Gasteiger partial charge in [0.05, 0.1) is 5.69 Å². The Hall–Kier alpha value is -2.01. The lowest BCUT2D eigenvalue weighted by atomic mass is 10.00. The van der Waals surface area contributed by atoms with E-state index in [-0.39, 0.29) is 11.5 Å². The van der Waals surface area contributed by atoms with Crippen LogP contribution in [-0.2, 0) is 4.79 Å². The van der Waals surface area contributed by atoms with Gasteiger partial charge in [-0.05, 0) is 38.5 Å². The van der Waals surface area contributed by atoms with Crippen molar-refractivity contribution < 1.29 is 13.6 Å². The van der Waals surface area contributed by atoms with Crippen molar-refractivity contribution in [3.8, 4) is 0 Å². The van der Waals surface area contributed by atoms with Gasteiger partial charge in [-0.3, -0.25) is 9.69 Å². The zero-order valence-corrected chi connectivity index (χ0v) is 13.2. The number of hydrogen-bond donors (Lipinski definition) is 0. The second-order valence-electron chi connectivity index (χ2n) is 4.86. The molecule has 3 nitrogen and oxygen atoms in total. The molecule has 22 heavy (non-hydrogen) atoms. The molecule has 1 atom stereocenters. The van der Waals surface area contributed by atoms with Gasteiger partial charge in [0.15, 0.2) is 0 Å². The fourth-order valence-electron chi connectivity index (χ4n) is 2.30. The number of aliphatic imine (C=N–C) groups is 1. The molecule has 0 bridgehead atoms. The predicted molar refractivity (Wildman–Crippen MR) is 84.1 cm³/mol. The van der Waals surface area contributed by atoms with E-state index in [2.05, 4.69) is 4.99 Å². The molecule has 1 aliphatic heterocycles. The van der Waals surface area contributed by atoms with Gasteiger partial charge in [0.1, 0.15) is 23.0 Å². The minimum absolute atomic E-state index is 0.0710. The maximum atomic E-state index is 13.5. The molecule has 1 heterocycles. The lowest BCUT2D eigenvalue weighted by Gasteiger charge is -2.29. The summed E-state index contributed by atoms with van der Waals surface area (Å²) in [6, 6.07) is 2.91. The summed E-state index contributed by atoms with van der Waals surface area (Å²) >= 11 is 5.92. The van der Waals surface area contributed by atoms with E-state index in [9.17, 15) is 13.6 Å². The van der Waals surface area contributed by atoms with Crippen molar-refractivity contribution >= 4 is 29.0 Å². The molecule has 1 aromatic rings. The van der Waals surface area contributed by atoms with E-state index in [1.165, 1.54) is 6.08 Å². The molecule has 0 radical (unpaired) electrons. The zero-order chi connectivity index (χ0) is 16.4. The van der Waals surface area contributed by atoms with Crippen LogP contribution < -0.4 is 4.90 Å². The van der Waals surface area contributed by atoms with E-state index in [1.807, 2.05) is 0 Å². The average molecular weight is 325 g/mol. The van der Waals surface area contributed by atoms with Crippen molar-refractivity contribution in [2.75, 3.05) is 4.90 Å². The van der Waals surface area contributed by atoms with Crippen LogP contribution in [0.5, 0.6) is 0 Å². The quantitative estimate of drug-likeness (QED) is 0.593. The number of rotatable bonds is 2. The summed E-state index contributed by atoms with van der Waals surface area (Å²) in [5, 5.41) is 0. The van der Waals surface area contributed by atoms with Crippen LogP contribution in [0.15, 0.2) is 46.5 Å². The molecule has 0 spiro atoms. The van der Waals surface area contributed by atoms with Crippen LogP contribution in [0.2, 0.25) is 0 Å².